The molecule has 144 valence electrons. The summed E-state index contributed by atoms with van der Waals surface area (Å²) in [5, 5.41) is 2.88. The van der Waals surface area contributed by atoms with Gasteiger partial charge in [-0.2, -0.15) is 0 Å². The molecule has 0 spiro atoms. The summed E-state index contributed by atoms with van der Waals surface area (Å²) in [6.45, 7) is 4.61. The Morgan fingerprint density at radius 2 is 1.67 bits per heavy atom. The van der Waals surface area contributed by atoms with Crippen LogP contribution in [-0.2, 0) is 22.6 Å². The van der Waals surface area contributed by atoms with Gasteiger partial charge in [0.2, 0.25) is 11.8 Å². The van der Waals surface area contributed by atoms with Gasteiger partial charge in [0.15, 0.2) is 0 Å². The highest BCUT2D eigenvalue weighted by molar-refractivity contribution is 5.87. The fourth-order valence-electron chi connectivity index (χ4n) is 2.98. The van der Waals surface area contributed by atoms with Crippen LogP contribution >= 0.6 is 0 Å². The first kappa shape index (κ1) is 20.5. The number of likely N-dealkylation sites (N-methyl/N-ethyl adjacent to an activating group) is 1. The molecule has 5 nitrogen and oxygen atoms in total. The molecule has 1 atom stereocenters. The standard InChI is InChI=1S/C22H28N2O3/c1-4-21(25)24(16-18-11-13-19(27-3)14-12-18)20(22(26)23-5-2)15-17-9-7-6-8-10-17/h6-14,20H,4-5,15-16H2,1-3H3,(H,23,26)/t20-/m0/s1. The van der Waals surface area contributed by atoms with Crippen molar-refractivity contribution >= 4 is 11.8 Å². The Morgan fingerprint density at radius 1 is 1.00 bits per heavy atom. The summed E-state index contributed by atoms with van der Waals surface area (Å²) in [7, 11) is 1.62. The third kappa shape index (κ3) is 5.84. The van der Waals surface area contributed by atoms with E-state index in [2.05, 4.69) is 5.32 Å². The number of hydrogen-bond donors (Lipinski definition) is 1. The van der Waals surface area contributed by atoms with Gasteiger partial charge < -0.3 is 15.0 Å². The van der Waals surface area contributed by atoms with E-state index in [1.807, 2.05) is 68.4 Å². The van der Waals surface area contributed by atoms with E-state index in [1.54, 1.807) is 12.0 Å². The minimum Gasteiger partial charge on any atom is -0.497 e. The average molecular weight is 368 g/mol. The molecule has 0 radical (unpaired) electrons. The first-order valence-electron chi connectivity index (χ1n) is 9.33. The molecule has 27 heavy (non-hydrogen) atoms. The van der Waals surface area contributed by atoms with Gasteiger partial charge in [0.05, 0.1) is 7.11 Å². The van der Waals surface area contributed by atoms with Crippen LogP contribution in [0.1, 0.15) is 31.4 Å². The van der Waals surface area contributed by atoms with Crippen LogP contribution in [0, 0.1) is 0 Å². The minimum atomic E-state index is -0.554. The molecule has 0 heterocycles. The van der Waals surface area contributed by atoms with Gasteiger partial charge in [0.1, 0.15) is 11.8 Å². The zero-order valence-corrected chi connectivity index (χ0v) is 16.3. The molecular formula is C22H28N2O3. The van der Waals surface area contributed by atoms with Crippen LogP contribution in [0.4, 0.5) is 0 Å². The monoisotopic (exact) mass is 368 g/mol. The summed E-state index contributed by atoms with van der Waals surface area (Å²) in [6.07, 6.45) is 0.829. The smallest absolute Gasteiger partial charge is 0.243 e. The lowest BCUT2D eigenvalue weighted by Gasteiger charge is -2.31. The van der Waals surface area contributed by atoms with Crippen LogP contribution in [0.3, 0.4) is 0 Å². The maximum absolute atomic E-state index is 12.8. The molecule has 2 amide bonds. The van der Waals surface area contributed by atoms with Gasteiger partial charge in [-0.05, 0) is 30.2 Å². The summed E-state index contributed by atoms with van der Waals surface area (Å²) in [4.78, 5) is 27.2. The van der Waals surface area contributed by atoms with Crippen molar-refractivity contribution in [2.45, 2.75) is 39.3 Å². The highest BCUT2D eigenvalue weighted by atomic mass is 16.5. The van der Waals surface area contributed by atoms with Crippen LogP contribution in [0.2, 0.25) is 0 Å². The number of nitrogens with one attached hydrogen (secondary N) is 1. The van der Waals surface area contributed by atoms with Crippen molar-refractivity contribution in [3.63, 3.8) is 0 Å². The van der Waals surface area contributed by atoms with Crippen molar-refractivity contribution in [2.75, 3.05) is 13.7 Å². The van der Waals surface area contributed by atoms with Crippen molar-refractivity contribution < 1.29 is 14.3 Å². The van der Waals surface area contributed by atoms with Gasteiger partial charge in [-0.3, -0.25) is 9.59 Å². The number of carbonyl (C=O) groups excluding carboxylic acids is 2. The summed E-state index contributed by atoms with van der Waals surface area (Å²) >= 11 is 0. The number of rotatable bonds is 9. The van der Waals surface area contributed by atoms with Crippen LogP contribution in [0.25, 0.3) is 0 Å². The molecule has 0 saturated heterocycles. The predicted molar refractivity (Wildman–Crippen MR) is 106 cm³/mol. The van der Waals surface area contributed by atoms with E-state index in [-0.39, 0.29) is 11.8 Å². The van der Waals surface area contributed by atoms with E-state index in [0.29, 0.717) is 25.9 Å². The highest BCUT2D eigenvalue weighted by Gasteiger charge is 2.29. The Kier molecular flexibility index (Phi) is 7.86. The molecule has 0 aliphatic heterocycles. The molecule has 2 rings (SSSR count). The maximum Gasteiger partial charge on any atom is 0.243 e. The Bertz CT molecular complexity index is 729. The van der Waals surface area contributed by atoms with Gasteiger partial charge in [-0.25, -0.2) is 0 Å². The Labute approximate surface area is 161 Å². The van der Waals surface area contributed by atoms with Gasteiger partial charge in [-0.15, -0.1) is 0 Å². The van der Waals surface area contributed by atoms with E-state index in [1.165, 1.54) is 0 Å². The van der Waals surface area contributed by atoms with E-state index in [9.17, 15) is 9.59 Å². The zero-order valence-electron chi connectivity index (χ0n) is 16.3. The number of amides is 2. The molecule has 2 aromatic carbocycles. The van der Waals surface area contributed by atoms with Crippen molar-refractivity contribution in [2.24, 2.45) is 0 Å². The number of methoxy groups -OCH3 is 1. The van der Waals surface area contributed by atoms with Crippen LogP contribution in [-0.4, -0.2) is 36.4 Å². The lowest BCUT2D eigenvalue weighted by molar-refractivity contribution is -0.141. The lowest BCUT2D eigenvalue weighted by Crippen LogP contribution is -2.50. The van der Waals surface area contributed by atoms with Crippen molar-refractivity contribution in [1.29, 1.82) is 0 Å². The number of ether oxygens (including phenoxy) is 1. The first-order valence-corrected chi connectivity index (χ1v) is 9.33. The Hall–Kier alpha value is -2.82. The molecule has 0 saturated carbocycles. The van der Waals surface area contributed by atoms with Crippen LogP contribution in [0.5, 0.6) is 5.75 Å². The number of nitrogens with zero attached hydrogens (tertiary/aromatic N) is 1. The summed E-state index contributed by atoms with van der Waals surface area (Å²) < 4.78 is 5.19. The highest BCUT2D eigenvalue weighted by Crippen LogP contribution is 2.18. The molecule has 0 fully saturated rings. The van der Waals surface area contributed by atoms with E-state index in [4.69, 9.17) is 4.74 Å². The van der Waals surface area contributed by atoms with Crippen molar-refractivity contribution in [3.8, 4) is 5.75 Å². The Morgan fingerprint density at radius 3 is 2.22 bits per heavy atom. The van der Waals surface area contributed by atoms with E-state index >= 15 is 0 Å². The van der Waals surface area contributed by atoms with Crippen LogP contribution in [0.15, 0.2) is 54.6 Å². The molecule has 0 aliphatic rings. The lowest BCUT2D eigenvalue weighted by atomic mass is 10.0. The molecule has 0 unspecified atom stereocenters. The van der Waals surface area contributed by atoms with Gasteiger partial charge in [0, 0.05) is 25.9 Å². The Balaban J connectivity index is 2.30. The molecule has 2 aromatic rings. The molecule has 0 bridgehead atoms. The zero-order chi connectivity index (χ0) is 19.6. The number of carbonyl (C=O) groups is 2. The molecule has 1 N–H and O–H groups in total. The molecule has 5 heteroatoms. The topological polar surface area (TPSA) is 58.6 Å². The second-order valence-electron chi connectivity index (χ2n) is 6.32. The van der Waals surface area contributed by atoms with Crippen molar-refractivity contribution in [1.82, 2.24) is 10.2 Å². The fraction of sp³-hybridized carbons (Fsp3) is 0.364. The predicted octanol–water partition coefficient (Wildman–Crippen LogP) is 3.18. The fourth-order valence-corrected chi connectivity index (χ4v) is 2.98. The number of benzene rings is 2. The summed E-state index contributed by atoms with van der Waals surface area (Å²) in [5.74, 6) is 0.589. The summed E-state index contributed by atoms with van der Waals surface area (Å²) in [6, 6.07) is 16.8. The largest absolute Gasteiger partial charge is 0.497 e. The normalized spacial score (nSPS) is 11.5. The third-order valence-corrected chi connectivity index (χ3v) is 4.44. The quantitative estimate of drug-likeness (QED) is 0.740. The minimum absolute atomic E-state index is 0.0435. The van der Waals surface area contributed by atoms with E-state index in [0.717, 1.165) is 16.9 Å². The first-order chi connectivity index (χ1) is 13.1. The van der Waals surface area contributed by atoms with Crippen molar-refractivity contribution in [3.05, 3.63) is 65.7 Å². The van der Waals surface area contributed by atoms with Crippen LogP contribution < -0.4 is 10.1 Å². The molecule has 0 aliphatic carbocycles. The van der Waals surface area contributed by atoms with Gasteiger partial charge in [0.25, 0.3) is 0 Å². The number of hydrogen-bond acceptors (Lipinski definition) is 3. The molecular weight excluding hydrogens is 340 g/mol. The third-order valence-electron chi connectivity index (χ3n) is 4.44. The van der Waals surface area contributed by atoms with Gasteiger partial charge in [-0.1, -0.05) is 49.4 Å². The molecule has 0 aromatic heterocycles. The second-order valence-corrected chi connectivity index (χ2v) is 6.32. The maximum atomic E-state index is 12.8. The van der Waals surface area contributed by atoms with Gasteiger partial charge >= 0.3 is 0 Å². The average Bonchev–Trinajstić information content (AvgIpc) is 2.71. The second kappa shape index (κ2) is 10.4. The SMILES string of the molecule is CCNC(=O)[C@H](Cc1ccccc1)N(Cc1ccc(OC)cc1)C(=O)CC. The van der Waals surface area contributed by atoms with E-state index < -0.39 is 6.04 Å². The summed E-state index contributed by atoms with van der Waals surface area (Å²) in [5.41, 5.74) is 1.98.